The molecule has 0 fully saturated rings. The van der Waals surface area contributed by atoms with Gasteiger partial charge in [-0.25, -0.2) is 9.48 Å². The third-order valence-corrected chi connectivity index (χ3v) is 4.14. The highest BCUT2D eigenvalue weighted by atomic mass is 16.5. The van der Waals surface area contributed by atoms with Crippen LogP contribution >= 0.6 is 0 Å². The van der Waals surface area contributed by atoms with E-state index < -0.39 is 5.97 Å². The molecule has 0 radical (unpaired) electrons. The van der Waals surface area contributed by atoms with Gasteiger partial charge >= 0.3 is 5.97 Å². The molecule has 0 aliphatic rings. The van der Waals surface area contributed by atoms with Crippen molar-refractivity contribution < 1.29 is 19.2 Å². The molecule has 0 saturated carbocycles. The molecule has 2 aromatic carbocycles. The van der Waals surface area contributed by atoms with Gasteiger partial charge in [-0.05, 0) is 13.0 Å². The summed E-state index contributed by atoms with van der Waals surface area (Å²) in [6.07, 6.45) is 0. The molecule has 26 heavy (non-hydrogen) atoms. The Labute approximate surface area is 147 Å². The molecule has 4 aromatic rings. The van der Waals surface area contributed by atoms with Crippen LogP contribution in [0.25, 0.3) is 27.9 Å². The van der Waals surface area contributed by atoms with E-state index in [1.165, 1.54) is 11.8 Å². The molecule has 0 spiro atoms. The van der Waals surface area contributed by atoms with Crippen LogP contribution in [0.1, 0.15) is 16.2 Å². The molecule has 0 aliphatic heterocycles. The zero-order chi connectivity index (χ0) is 18.3. The van der Waals surface area contributed by atoms with Crippen LogP contribution in [0, 0.1) is 6.92 Å². The van der Waals surface area contributed by atoms with Crippen molar-refractivity contribution in [1.82, 2.24) is 20.2 Å². The minimum absolute atomic E-state index is 0.110. The number of ether oxygens (including phenoxy) is 1. The number of rotatable bonds is 4. The number of benzene rings is 2. The van der Waals surface area contributed by atoms with Crippen molar-refractivity contribution >= 4 is 16.9 Å². The van der Waals surface area contributed by atoms with E-state index >= 15 is 0 Å². The third-order valence-electron chi connectivity index (χ3n) is 4.14. The molecule has 0 bridgehead atoms. The molecule has 0 saturated heterocycles. The van der Waals surface area contributed by atoms with Crippen molar-refractivity contribution in [1.29, 1.82) is 0 Å². The first kappa shape index (κ1) is 15.8. The van der Waals surface area contributed by atoms with Gasteiger partial charge in [-0.1, -0.05) is 40.7 Å². The zero-order valence-corrected chi connectivity index (χ0v) is 14.0. The summed E-state index contributed by atoms with van der Waals surface area (Å²) in [5, 5.41) is 21.8. The number of carbonyl (C=O) groups is 1. The van der Waals surface area contributed by atoms with E-state index in [1.807, 2.05) is 30.3 Å². The number of carboxylic acids is 1. The van der Waals surface area contributed by atoms with Gasteiger partial charge in [0, 0.05) is 11.6 Å². The van der Waals surface area contributed by atoms with E-state index in [9.17, 15) is 9.90 Å². The molecular formula is C18H14N4O4. The fraction of sp³-hybridized carbons (Fsp3) is 0.111. The fourth-order valence-corrected chi connectivity index (χ4v) is 2.84. The summed E-state index contributed by atoms with van der Waals surface area (Å²) in [7, 11) is 1.52. The maximum atomic E-state index is 11.3. The van der Waals surface area contributed by atoms with Gasteiger partial charge in [-0.3, -0.25) is 0 Å². The van der Waals surface area contributed by atoms with E-state index in [2.05, 4.69) is 15.5 Å². The minimum atomic E-state index is -1.14. The van der Waals surface area contributed by atoms with Gasteiger partial charge in [0.05, 0.1) is 18.2 Å². The molecule has 1 N–H and O–H groups in total. The highest BCUT2D eigenvalue weighted by molar-refractivity contribution is 5.94. The first-order chi connectivity index (χ1) is 12.6. The largest absolute Gasteiger partial charge is 0.494 e. The van der Waals surface area contributed by atoms with Crippen LogP contribution < -0.4 is 4.74 Å². The van der Waals surface area contributed by atoms with Crippen molar-refractivity contribution in [2.75, 3.05) is 7.11 Å². The SMILES string of the molecule is COc1cc2noc(-c3ccccc3)c2cc1-n1nnc(C(=O)O)c1C. The lowest BCUT2D eigenvalue weighted by atomic mass is 10.1. The van der Waals surface area contributed by atoms with Gasteiger partial charge in [-0.2, -0.15) is 0 Å². The van der Waals surface area contributed by atoms with Crippen LogP contribution in [-0.2, 0) is 0 Å². The molecule has 8 nitrogen and oxygen atoms in total. The second kappa shape index (κ2) is 5.99. The van der Waals surface area contributed by atoms with E-state index in [1.54, 1.807) is 19.1 Å². The molecule has 0 atom stereocenters. The summed E-state index contributed by atoms with van der Waals surface area (Å²) in [6.45, 7) is 1.64. The summed E-state index contributed by atoms with van der Waals surface area (Å²) in [4.78, 5) is 11.3. The quantitative estimate of drug-likeness (QED) is 0.603. The smallest absolute Gasteiger partial charge is 0.358 e. The molecule has 4 rings (SSSR count). The fourth-order valence-electron chi connectivity index (χ4n) is 2.84. The Bertz CT molecular complexity index is 1120. The van der Waals surface area contributed by atoms with Crippen LogP contribution in [-0.4, -0.2) is 38.3 Å². The number of hydrogen-bond acceptors (Lipinski definition) is 6. The molecule has 0 unspecified atom stereocenters. The predicted octanol–water partition coefficient (Wildman–Crippen LogP) is 3.09. The van der Waals surface area contributed by atoms with E-state index in [0.717, 1.165) is 10.9 Å². The Balaban J connectivity index is 1.96. The minimum Gasteiger partial charge on any atom is -0.494 e. The number of hydrogen-bond donors (Lipinski definition) is 1. The summed E-state index contributed by atoms with van der Waals surface area (Å²) in [6, 6.07) is 13.1. The van der Waals surface area contributed by atoms with Crippen molar-refractivity contribution in [2.24, 2.45) is 0 Å². The Kier molecular flexibility index (Phi) is 3.65. The van der Waals surface area contributed by atoms with Crippen molar-refractivity contribution in [3.8, 4) is 22.8 Å². The van der Waals surface area contributed by atoms with Crippen molar-refractivity contribution in [2.45, 2.75) is 6.92 Å². The van der Waals surface area contributed by atoms with Gasteiger partial charge < -0.3 is 14.4 Å². The summed E-state index contributed by atoms with van der Waals surface area (Å²) >= 11 is 0. The summed E-state index contributed by atoms with van der Waals surface area (Å²) in [5.41, 5.74) is 2.35. The standard InChI is InChI=1S/C18H14N4O4/c1-10-16(18(23)24)19-21-22(10)14-8-12-13(9-15(14)25-2)20-26-17(12)11-6-4-3-5-7-11/h3-9H,1-2H3,(H,23,24). The highest BCUT2D eigenvalue weighted by Gasteiger charge is 2.21. The van der Waals surface area contributed by atoms with Crippen LogP contribution in [0.2, 0.25) is 0 Å². The Morgan fingerprint density at radius 2 is 2.00 bits per heavy atom. The van der Waals surface area contributed by atoms with E-state index in [-0.39, 0.29) is 5.69 Å². The molecule has 2 heterocycles. The van der Waals surface area contributed by atoms with Gasteiger partial charge in [0.15, 0.2) is 11.5 Å². The lowest BCUT2D eigenvalue weighted by molar-refractivity contribution is 0.0689. The van der Waals surface area contributed by atoms with Crippen molar-refractivity contribution in [3.05, 3.63) is 53.9 Å². The Morgan fingerprint density at radius 3 is 2.65 bits per heavy atom. The molecule has 130 valence electrons. The summed E-state index contributed by atoms with van der Waals surface area (Å²) < 4.78 is 12.4. The number of fused-ring (bicyclic) bond motifs is 1. The molecule has 0 amide bonds. The third kappa shape index (κ3) is 2.39. The first-order valence-electron chi connectivity index (χ1n) is 7.79. The second-order valence-corrected chi connectivity index (χ2v) is 5.66. The van der Waals surface area contributed by atoms with E-state index in [0.29, 0.717) is 28.4 Å². The lowest BCUT2D eigenvalue weighted by Crippen LogP contribution is -2.04. The Morgan fingerprint density at radius 1 is 1.23 bits per heavy atom. The molecular weight excluding hydrogens is 336 g/mol. The average Bonchev–Trinajstić information content (AvgIpc) is 3.24. The van der Waals surface area contributed by atoms with Crippen LogP contribution in [0.4, 0.5) is 0 Å². The van der Waals surface area contributed by atoms with E-state index in [4.69, 9.17) is 9.26 Å². The van der Waals surface area contributed by atoms with Gasteiger partial charge in [0.2, 0.25) is 0 Å². The molecule has 0 aliphatic carbocycles. The normalized spacial score (nSPS) is 11.0. The maximum Gasteiger partial charge on any atom is 0.358 e. The van der Waals surface area contributed by atoms with Crippen LogP contribution in [0.3, 0.4) is 0 Å². The topological polar surface area (TPSA) is 103 Å². The van der Waals surface area contributed by atoms with Gasteiger partial charge in [0.1, 0.15) is 17.0 Å². The number of aromatic carboxylic acids is 1. The lowest BCUT2D eigenvalue weighted by Gasteiger charge is -2.09. The zero-order valence-electron chi connectivity index (χ0n) is 14.0. The van der Waals surface area contributed by atoms with Gasteiger partial charge in [0.25, 0.3) is 0 Å². The average molecular weight is 350 g/mol. The summed E-state index contributed by atoms with van der Waals surface area (Å²) in [5.74, 6) is -0.0418. The monoisotopic (exact) mass is 350 g/mol. The second-order valence-electron chi connectivity index (χ2n) is 5.66. The maximum absolute atomic E-state index is 11.3. The van der Waals surface area contributed by atoms with Crippen LogP contribution in [0.15, 0.2) is 47.0 Å². The predicted molar refractivity (Wildman–Crippen MR) is 92.6 cm³/mol. The highest BCUT2D eigenvalue weighted by Crippen LogP contribution is 2.35. The van der Waals surface area contributed by atoms with Crippen molar-refractivity contribution in [3.63, 3.8) is 0 Å². The Hall–Kier alpha value is -3.68. The molecule has 2 aromatic heterocycles. The number of aromatic nitrogens is 4. The molecule has 8 heteroatoms. The number of carboxylic acid groups (broad SMARTS) is 1. The first-order valence-corrected chi connectivity index (χ1v) is 7.79. The number of nitrogens with zero attached hydrogens (tertiary/aromatic N) is 4. The number of methoxy groups -OCH3 is 1. The van der Waals surface area contributed by atoms with Crippen LogP contribution in [0.5, 0.6) is 5.75 Å². The van der Waals surface area contributed by atoms with Gasteiger partial charge in [-0.15, -0.1) is 5.10 Å².